The highest BCUT2D eigenvalue weighted by atomic mass is 79.9. The lowest BCUT2D eigenvalue weighted by atomic mass is 10.0. The summed E-state index contributed by atoms with van der Waals surface area (Å²) in [6, 6.07) is 13.4. The third kappa shape index (κ3) is 3.51. The quantitative estimate of drug-likeness (QED) is 0.710. The summed E-state index contributed by atoms with van der Waals surface area (Å²) in [5.41, 5.74) is 0.884. The van der Waals surface area contributed by atoms with Crippen LogP contribution < -0.4 is 4.74 Å². The molecule has 5 heteroatoms. The summed E-state index contributed by atoms with van der Waals surface area (Å²) < 4.78 is 11.6. The number of phenolic OH excluding ortho intramolecular Hbond substituents is 1. The predicted octanol–water partition coefficient (Wildman–Crippen LogP) is 4.54. The van der Waals surface area contributed by atoms with E-state index in [1.54, 1.807) is 13.2 Å². The van der Waals surface area contributed by atoms with Crippen LogP contribution in [0.4, 0.5) is 0 Å². The molecule has 3 aromatic rings. The zero-order valence-electron chi connectivity index (χ0n) is 13.0. The monoisotopic (exact) mass is 375 g/mol. The maximum absolute atomic E-state index is 10.3. The maximum atomic E-state index is 10.3. The smallest absolute Gasteiger partial charge is 0.169 e. The van der Waals surface area contributed by atoms with Gasteiger partial charge >= 0.3 is 0 Å². The Morgan fingerprint density at radius 3 is 2.61 bits per heavy atom. The normalized spacial score (nSPS) is 11.3. The van der Waals surface area contributed by atoms with Gasteiger partial charge in [-0.05, 0) is 64.1 Å². The molecular formula is C18H18BrNO3. The first kappa shape index (κ1) is 15.9. The van der Waals surface area contributed by atoms with Crippen molar-refractivity contribution in [3.05, 3.63) is 58.5 Å². The number of aromatic hydroxyl groups is 1. The van der Waals surface area contributed by atoms with Crippen molar-refractivity contribution in [2.45, 2.75) is 13.1 Å². The molecule has 4 nitrogen and oxygen atoms in total. The standard InChI is InChI=1S/C18H18BrNO3/c1-20(10-14-6-8-18(19)23-14)11-16-15-9-13(22-2)5-3-12(15)4-7-17(16)21/h3-9,21H,10-11H2,1-2H3. The summed E-state index contributed by atoms with van der Waals surface area (Å²) in [5.74, 6) is 1.94. The number of nitrogens with zero attached hydrogens (tertiary/aromatic N) is 1. The highest BCUT2D eigenvalue weighted by Crippen LogP contribution is 2.31. The summed E-state index contributed by atoms with van der Waals surface area (Å²) >= 11 is 3.31. The van der Waals surface area contributed by atoms with Crippen molar-refractivity contribution in [1.29, 1.82) is 0 Å². The molecule has 0 aliphatic heterocycles. The first-order valence-corrected chi connectivity index (χ1v) is 8.07. The van der Waals surface area contributed by atoms with Crippen molar-refractivity contribution in [2.24, 2.45) is 0 Å². The van der Waals surface area contributed by atoms with E-state index in [-0.39, 0.29) is 0 Å². The van der Waals surface area contributed by atoms with Gasteiger partial charge in [0.25, 0.3) is 0 Å². The summed E-state index contributed by atoms with van der Waals surface area (Å²) in [5, 5.41) is 12.4. The molecule has 1 heterocycles. The fourth-order valence-electron chi connectivity index (χ4n) is 2.67. The number of methoxy groups -OCH3 is 1. The Hall–Kier alpha value is -1.98. The molecule has 0 saturated heterocycles. The molecule has 0 amide bonds. The highest BCUT2D eigenvalue weighted by molar-refractivity contribution is 9.10. The molecule has 0 radical (unpaired) electrons. The Morgan fingerprint density at radius 2 is 1.91 bits per heavy atom. The molecule has 23 heavy (non-hydrogen) atoms. The van der Waals surface area contributed by atoms with Gasteiger partial charge in [0, 0.05) is 12.1 Å². The molecule has 0 aliphatic rings. The topological polar surface area (TPSA) is 45.8 Å². The number of phenols is 1. The average Bonchev–Trinajstić information content (AvgIpc) is 2.94. The Balaban J connectivity index is 1.90. The summed E-state index contributed by atoms with van der Waals surface area (Å²) in [6.45, 7) is 1.26. The zero-order valence-corrected chi connectivity index (χ0v) is 14.6. The molecular weight excluding hydrogens is 358 g/mol. The number of rotatable bonds is 5. The molecule has 0 unspecified atom stereocenters. The average molecular weight is 376 g/mol. The van der Waals surface area contributed by atoms with E-state index in [0.717, 1.165) is 32.5 Å². The van der Waals surface area contributed by atoms with Crippen LogP contribution in [0.3, 0.4) is 0 Å². The summed E-state index contributed by atoms with van der Waals surface area (Å²) in [4.78, 5) is 2.10. The maximum Gasteiger partial charge on any atom is 0.169 e. The lowest BCUT2D eigenvalue weighted by Crippen LogP contribution is -2.17. The molecule has 0 saturated carbocycles. The van der Waals surface area contributed by atoms with Crippen LogP contribution in [0.5, 0.6) is 11.5 Å². The van der Waals surface area contributed by atoms with Crippen molar-refractivity contribution >= 4 is 26.7 Å². The van der Waals surface area contributed by atoms with Crippen LogP contribution in [0.15, 0.2) is 51.6 Å². The third-order valence-electron chi connectivity index (χ3n) is 3.80. The number of furan rings is 1. The van der Waals surface area contributed by atoms with Crippen molar-refractivity contribution < 1.29 is 14.3 Å². The van der Waals surface area contributed by atoms with Gasteiger partial charge in [0.2, 0.25) is 0 Å². The molecule has 0 spiro atoms. The molecule has 1 aromatic heterocycles. The van der Waals surface area contributed by atoms with E-state index >= 15 is 0 Å². The van der Waals surface area contributed by atoms with Gasteiger partial charge in [0.15, 0.2) is 4.67 Å². The second kappa shape index (κ2) is 6.64. The van der Waals surface area contributed by atoms with E-state index in [1.165, 1.54) is 0 Å². The van der Waals surface area contributed by atoms with Crippen LogP contribution in [0.2, 0.25) is 0 Å². The van der Waals surface area contributed by atoms with E-state index in [1.807, 2.05) is 43.4 Å². The van der Waals surface area contributed by atoms with Crippen LogP contribution in [-0.2, 0) is 13.1 Å². The van der Waals surface area contributed by atoms with E-state index in [4.69, 9.17) is 9.15 Å². The van der Waals surface area contributed by atoms with E-state index < -0.39 is 0 Å². The van der Waals surface area contributed by atoms with Gasteiger partial charge in [-0.25, -0.2) is 0 Å². The molecule has 0 atom stereocenters. The Bertz CT molecular complexity index is 828. The molecule has 3 rings (SSSR count). The van der Waals surface area contributed by atoms with Gasteiger partial charge in [-0.2, -0.15) is 0 Å². The third-order valence-corrected chi connectivity index (χ3v) is 4.22. The zero-order chi connectivity index (χ0) is 16.4. The van der Waals surface area contributed by atoms with Crippen LogP contribution >= 0.6 is 15.9 Å². The number of ether oxygens (including phenoxy) is 1. The van der Waals surface area contributed by atoms with Crippen molar-refractivity contribution in [3.63, 3.8) is 0 Å². The largest absolute Gasteiger partial charge is 0.508 e. The van der Waals surface area contributed by atoms with Crippen molar-refractivity contribution in [2.75, 3.05) is 14.2 Å². The van der Waals surface area contributed by atoms with Gasteiger partial charge in [0.1, 0.15) is 17.3 Å². The lowest BCUT2D eigenvalue weighted by Gasteiger charge is -2.18. The second-order valence-corrected chi connectivity index (χ2v) is 6.31. The molecule has 0 bridgehead atoms. The van der Waals surface area contributed by atoms with Crippen LogP contribution in [0, 0.1) is 0 Å². The van der Waals surface area contributed by atoms with Gasteiger partial charge in [-0.3, -0.25) is 4.90 Å². The highest BCUT2D eigenvalue weighted by Gasteiger charge is 2.12. The van der Waals surface area contributed by atoms with Crippen LogP contribution in [-0.4, -0.2) is 24.2 Å². The summed E-state index contributed by atoms with van der Waals surface area (Å²) in [7, 11) is 3.64. The number of fused-ring (bicyclic) bond motifs is 1. The Labute approximate surface area is 143 Å². The second-order valence-electron chi connectivity index (χ2n) is 5.53. The van der Waals surface area contributed by atoms with Gasteiger partial charge in [-0.15, -0.1) is 0 Å². The van der Waals surface area contributed by atoms with Crippen molar-refractivity contribution in [1.82, 2.24) is 4.90 Å². The predicted molar refractivity (Wildman–Crippen MR) is 93.7 cm³/mol. The summed E-state index contributed by atoms with van der Waals surface area (Å²) in [6.07, 6.45) is 0. The molecule has 2 aromatic carbocycles. The number of halogens is 1. The molecule has 120 valence electrons. The van der Waals surface area contributed by atoms with Gasteiger partial charge in [-0.1, -0.05) is 12.1 Å². The van der Waals surface area contributed by atoms with Crippen LogP contribution in [0.25, 0.3) is 10.8 Å². The molecule has 0 aliphatic carbocycles. The first-order valence-electron chi connectivity index (χ1n) is 7.28. The minimum Gasteiger partial charge on any atom is -0.508 e. The minimum atomic E-state index is 0.290. The Kier molecular flexibility index (Phi) is 4.59. The van der Waals surface area contributed by atoms with E-state index in [2.05, 4.69) is 20.8 Å². The van der Waals surface area contributed by atoms with Crippen LogP contribution in [0.1, 0.15) is 11.3 Å². The Morgan fingerprint density at radius 1 is 1.13 bits per heavy atom. The number of hydrogen-bond acceptors (Lipinski definition) is 4. The first-order chi connectivity index (χ1) is 11.1. The number of hydrogen-bond donors (Lipinski definition) is 1. The lowest BCUT2D eigenvalue weighted by molar-refractivity contribution is 0.282. The minimum absolute atomic E-state index is 0.290. The fourth-order valence-corrected chi connectivity index (χ4v) is 3.01. The molecule has 0 fully saturated rings. The van der Waals surface area contributed by atoms with Gasteiger partial charge in [0.05, 0.1) is 13.7 Å². The van der Waals surface area contributed by atoms with E-state index in [9.17, 15) is 5.11 Å². The fraction of sp³-hybridized carbons (Fsp3) is 0.222. The van der Waals surface area contributed by atoms with Crippen molar-refractivity contribution in [3.8, 4) is 11.5 Å². The number of benzene rings is 2. The molecule has 1 N–H and O–H groups in total. The SMILES string of the molecule is COc1ccc2ccc(O)c(CN(C)Cc3ccc(Br)o3)c2c1. The van der Waals surface area contributed by atoms with Gasteiger partial charge < -0.3 is 14.3 Å². The van der Waals surface area contributed by atoms with E-state index in [0.29, 0.717) is 18.8 Å².